The van der Waals surface area contributed by atoms with Gasteiger partial charge in [0.25, 0.3) is 0 Å². The van der Waals surface area contributed by atoms with Crippen LogP contribution < -0.4 is 14.2 Å². The van der Waals surface area contributed by atoms with Crippen LogP contribution in [0.5, 0.6) is 17.2 Å². The Labute approximate surface area is 125 Å². The van der Waals surface area contributed by atoms with Crippen LogP contribution in [-0.4, -0.2) is 59.2 Å². The lowest BCUT2D eigenvalue weighted by atomic mass is 10.1. The second-order valence-electron chi connectivity index (χ2n) is 4.92. The highest BCUT2D eigenvalue weighted by atomic mass is 32.2. The van der Waals surface area contributed by atoms with Crippen LogP contribution >= 0.6 is 0 Å². The van der Waals surface area contributed by atoms with Crippen molar-refractivity contribution in [3.8, 4) is 17.2 Å². The summed E-state index contributed by atoms with van der Waals surface area (Å²) in [6.07, 6.45) is 0. The first-order chi connectivity index (χ1) is 10.0. The Hall–Kier alpha value is -1.47. The molecule has 1 fully saturated rings. The summed E-state index contributed by atoms with van der Waals surface area (Å²) in [7, 11) is 1.86. The lowest BCUT2D eigenvalue weighted by Crippen LogP contribution is -2.39. The fourth-order valence-electron chi connectivity index (χ4n) is 2.44. The molecule has 0 radical (unpaired) electrons. The molecular formula is C14H21NO5S. The molecule has 0 unspecified atom stereocenters. The van der Waals surface area contributed by atoms with E-state index in [1.807, 2.05) is 12.1 Å². The molecule has 7 heteroatoms. The molecule has 0 N–H and O–H groups in total. The van der Waals surface area contributed by atoms with E-state index in [-0.39, 0.29) is 11.5 Å². The second-order valence-corrected chi connectivity index (χ2v) is 7.23. The SMILES string of the molecule is COc1ccc(CN2CCS(=O)(=O)CC2)c(OC)c1OC. The summed E-state index contributed by atoms with van der Waals surface area (Å²) in [6.45, 7) is 1.71. The summed E-state index contributed by atoms with van der Waals surface area (Å²) in [6, 6.07) is 3.75. The largest absolute Gasteiger partial charge is 0.493 e. The predicted molar refractivity (Wildman–Crippen MR) is 80.0 cm³/mol. The second kappa shape index (κ2) is 6.53. The standard InChI is InChI=1S/C14H21NO5S/c1-18-12-5-4-11(13(19-2)14(12)20-3)10-15-6-8-21(16,17)9-7-15/h4-5H,6-10H2,1-3H3. The van der Waals surface area contributed by atoms with Crippen LogP contribution in [0, 0.1) is 0 Å². The predicted octanol–water partition coefficient (Wildman–Crippen LogP) is 0.943. The van der Waals surface area contributed by atoms with E-state index in [0.717, 1.165) is 5.56 Å². The molecule has 1 aromatic carbocycles. The Kier molecular flexibility index (Phi) is 4.95. The Balaban J connectivity index is 2.20. The van der Waals surface area contributed by atoms with Gasteiger partial charge in [0.15, 0.2) is 21.3 Å². The maximum Gasteiger partial charge on any atom is 0.203 e. The van der Waals surface area contributed by atoms with Crippen molar-refractivity contribution in [1.82, 2.24) is 4.90 Å². The molecule has 0 saturated carbocycles. The Morgan fingerprint density at radius 1 is 1.00 bits per heavy atom. The number of hydrogen-bond donors (Lipinski definition) is 0. The first kappa shape index (κ1) is 15.9. The third-order valence-electron chi connectivity index (χ3n) is 3.62. The zero-order valence-electron chi connectivity index (χ0n) is 12.6. The van der Waals surface area contributed by atoms with Gasteiger partial charge in [0.1, 0.15) is 0 Å². The van der Waals surface area contributed by atoms with E-state index >= 15 is 0 Å². The maximum absolute atomic E-state index is 11.5. The van der Waals surface area contributed by atoms with Gasteiger partial charge in [-0.3, -0.25) is 4.90 Å². The molecule has 1 heterocycles. The molecule has 0 atom stereocenters. The Morgan fingerprint density at radius 3 is 2.14 bits per heavy atom. The molecule has 1 aromatic rings. The number of sulfone groups is 1. The number of nitrogens with zero attached hydrogens (tertiary/aromatic N) is 1. The van der Waals surface area contributed by atoms with Gasteiger partial charge >= 0.3 is 0 Å². The zero-order valence-corrected chi connectivity index (χ0v) is 13.4. The van der Waals surface area contributed by atoms with E-state index in [4.69, 9.17) is 14.2 Å². The van der Waals surface area contributed by atoms with Crippen LogP contribution in [0.25, 0.3) is 0 Å². The molecule has 0 aliphatic carbocycles. The molecule has 0 aromatic heterocycles. The molecule has 118 valence electrons. The molecule has 6 nitrogen and oxygen atoms in total. The highest BCUT2D eigenvalue weighted by Crippen LogP contribution is 2.40. The van der Waals surface area contributed by atoms with E-state index in [1.165, 1.54) is 0 Å². The molecule has 0 spiro atoms. The van der Waals surface area contributed by atoms with Crippen molar-refractivity contribution in [3.05, 3.63) is 17.7 Å². The van der Waals surface area contributed by atoms with Crippen LogP contribution in [0.1, 0.15) is 5.56 Å². The van der Waals surface area contributed by atoms with Gasteiger partial charge in [-0.25, -0.2) is 8.42 Å². The molecule has 2 rings (SSSR count). The summed E-state index contributed by atoms with van der Waals surface area (Å²) in [5, 5.41) is 0. The topological polar surface area (TPSA) is 65.1 Å². The summed E-state index contributed by atoms with van der Waals surface area (Å²) >= 11 is 0. The molecule has 1 aliphatic heterocycles. The van der Waals surface area contributed by atoms with Gasteiger partial charge in [0.2, 0.25) is 5.75 Å². The smallest absolute Gasteiger partial charge is 0.203 e. The molecule has 0 amide bonds. The van der Waals surface area contributed by atoms with Crippen LogP contribution in [0.3, 0.4) is 0 Å². The minimum Gasteiger partial charge on any atom is -0.493 e. The average Bonchev–Trinajstić information content (AvgIpc) is 2.48. The lowest BCUT2D eigenvalue weighted by molar-refractivity contribution is 0.276. The number of benzene rings is 1. The van der Waals surface area contributed by atoms with Gasteiger partial charge in [-0.05, 0) is 6.07 Å². The Bertz CT molecular complexity index is 586. The van der Waals surface area contributed by atoms with Gasteiger partial charge in [-0.2, -0.15) is 0 Å². The third kappa shape index (κ3) is 3.59. The van der Waals surface area contributed by atoms with Crippen LogP contribution in [-0.2, 0) is 16.4 Å². The van der Waals surface area contributed by atoms with Crippen molar-refractivity contribution in [3.63, 3.8) is 0 Å². The van der Waals surface area contributed by atoms with E-state index in [2.05, 4.69) is 4.90 Å². The first-order valence-corrected chi connectivity index (χ1v) is 8.53. The molecular weight excluding hydrogens is 294 g/mol. The lowest BCUT2D eigenvalue weighted by Gasteiger charge is -2.27. The van der Waals surface area contributed by atoms with E-state index in [0.29, 0.717) is 36.9 Å². The molecule has 0 bridgehead atoms. The Morgan fingerprint density at radius 2 is 1.62 bits per heavy atom. The van der Waals surface area contributed by atoms with Crippen molar-refractivity contribution in [2.45, 2.75) is 6.54 Å². The molecule has 21 heavy (non-hydrogen) atoms. The van der Waals surface area contributed by atoms with Crippen LogP contribution in [0.15, 0.2) is 12.1 Å². The van der Waals surface area contributed by atoms with E-state index < -0.39 is 9.84 Å². The van der Waals surface area contributed by atoms with Gasteiger partial charge in [-0.15, -0.1) is 0 Å². The van der Waals surface area contributed by atoms with Crippen LogP contribution in [0.2, 0.25) is 0 Å². The molecule has 1 aliphatic rings. The average molecular weight is 315 g/mol. The summed E-state index contributed by atoms with van der Waals surface area (Å²) < 4.78 is 39.0. The zero-order chi connectivity index (χ0) is 15.5. The molecule has 1 saturated heterocycles. The number of hydrogen-bond acceptors (Lipinski definition) is 6. The van der Waals surface area contributed by atoms with Crippen molar-refractivity contribution in [2.24, 2.45) is 0 Å². The minimum absolute atomic E-state index is 0.211. The monoisotopic (exact) mass is 315 g/mol. The van der Waals surface area contributed by atoms with Crippen molar-refractivity contribution < 1.29 is 22.6 Å². The third-order valence-corrected chi connectivity index (χ3v) is 5.23. The van der Waals surface area contributed by atoms with E-state index in [9.17, 15) is 8.42 Å². The summed E-state index contributed by atoms with van der Waals surface area (Å²) in [4.78, 5) is 2.10. The number of ether oxygens (including phenoxy) is 3. The maximum atomic E-state index is 11.5. The summed E-state index contributed by atoms with van der Waals surface area (Å²) in [5.74, 6) is 2.22. The van der Waals surface area contributed by atoms with Crippen molar-refractivity contribution in [2.75, 3.05) is 45.9 Å². The highest BCUT2D eigenvalue weighted by molar-refractivity contribution is 7.91. The minimum atomic E-state index is -2.86. The fourth-order valence-corrected chi connectivity index (χ4v) is 3.71. The van der Waals surface area contributed by atoms with Crippen molar-refractivity contribution >= 4 is 9.84 Å². The summed E-state index contributed by atoms with van der Waals surface area (Å²) in [5.41, 5.74) is 0.953. The number of methoxy groups -OCH3 is 3. The first-order valence-electron chi connectivity index (χ1n) is 6.71. The van der Waals surface area contributed by atoms with Gasteiger partial charge in [-0.1, -0.05) is 6.07 Å². The van der Waals surface area contributed by atoms with Crippen LogP contribution in [0.4, 0.5) is 0 Å². The van der Waals surface area contributed by atoms with Gasteiger partial charge in [0.05, 0.1) is 32.8 Å². The van der Waals surface area contributed by atoms with Gasteiger partial charge < -0.3 is 14.2 Å². The van der Waals surface area contributed by atoms with E-state index in [1.54, 1.807) is 21.3 Å². The quantitative estimate of drug-likeness (QED) is 0.806. The fraction of sp³-hybridized carbons (Fsp3) is 0.571. The normalized spacial score (nSPS) is 18.2. The number of rotatable bonds is 5. The van der Waals surface area contributed by atoms with Crippen molar-refractivity contribution in [1.29, 1.82) is 0 Å². The van der Waals surface area contributed by atoms with Gasteiger partial charge in [0, 0.05) is 25.2 Å². The highest BCUT2D eigenvalue weighted by Gasteiger charge is 2.23.